The van der Waals surface area contributed by atoms with Gasteiger partial charge in [-0.3, -0.25) is 0 Å². The maximum absolute atomic E-state index is 6.36. The van der Waals surface area contributed by atoms with Crippen LogP contribution in [0.2, 0.25) is 0 Å². The van der Waals surface area contributed by atoms with E-state index in [4.69, 9.17) is 14.2 Å². The molecule has 1 aliphatic rings. The third-order valence-electron chi connectivity index (χ3n) is 4.53. The number of ether oxygens (including phenoxy) is 3. The van der Waals surface area contributed by atoms with Crippen LogP contribution in [0.4, 0.5) is 0 Å². The zero-order chi connectivity index (χ0) is 17.0. The van der Waals surface area contributed by atoms with Crippen LogP contribution < -0.4 is 4.74 Å². The van der Waals surface area contributed by atoms with Crippen molar-refractivity contribution in [2.45, 2.75) is 45.1 Å². The van der Waals surface area contributed by atoms with E-state index in [1.165, 1.54) is 5.56 Å². The molecule has 1 fully saturated rings. The summed E-state index contributed by atoms with van der Waals surface area (Å²) in [5, 5.41) is 0. The normalized spacial score (nSPS) is 23.8. The summed E-state index contributed by atoms with van der Waals surface area (Å²) >= 11 is 0. The Morgan fingerprint density at radius 2 is 2.29 bits per heavy atom. The summed E-state index contributed by atoms with van der Waals surface area (Å²) in [6, 6.07) is 8.16. The number of nitrogens with zero attached hydrogens (tertiary/aromatic N) is 2. The smallest absolute Gasteiger partial charge is 0.187 e. The van der Waals surface area contributed by atoms with Gasteiger partial charge in [-0.1, -0.05) is 26.0 Å². The van der Waals surface area contributed by atoms with Gasteiger partial charge in [-0.15, -0.1) is 0 Å². The fraction of sp³-hybridized carbons (Fsp3) is 0.526. The highest BCUT2D eigenvalue weighted by atomic mass is 16.7. The topological polar surface area (TPSA) is 45.5 Å². The highest BCUT2D eigenvalue weighted by Crippen LogP contribution is 2.33. The molecule has 0 amide bonds. The number of benzene rings is 1. The molecule has 2 unspecified atom stereocenters. The summed E-state index contributed by atoms with van der Waals surface area (Å²) in [6.07, 6.45) is 7.34. The molecule has 0 radical (unpaired) electrons. The molecular weight excluding hydrogens is 304 g/mol. The first-order valence-electron chi connectivity index (χ1n) is 8.51. The quantitative estimate of drug-likeness (QED) is 0.781. The maximum atomic E-state index is 6.36. The van der Waals surface area contributed by atoms with Crippen LogP contribution in [-0.4, -0.2) is 35.2 Å². The van der Waals surface area contributed by atoms with Crippen LogP contribution in [-0.2, 0) is 22.4 Å². The van der Waals surface area contributed by atoms with E-state index >= 15 is 0 Å². The van der Waals surface area contributed by atoms with Crippen molar-refractivity contribution in [1.29, 1.82) is 0 Å². The number of methoxy groups -OCH3 is 1. The van der Waals surface area contributed by atoms with Crippen LogP contribution in [0.3, 0.4) is 0 Å². The van der Waals surface area contributed by atoms with Crippen molar-refractivity contribution >= 4 is 0 Å². The predicted molar refractivity (Wildman–Crippen MR) is 91.9 cm³/mol. The molecule has 1 aromatic heterocycles. The van der Waals surface area contributed by atoms with Crippen LogP contribution in [0.1, 0.15) is 25.8 Å². The fourth-order valence-electron chi connectivity index (χ4n) is 3.02. The lowest BCUT2D eigenvalue weighted by atomic mass is 10.0. The van der Waals surface area contributed by atoms with E-state index < -0.39 is 5.79 Å². The third kappa shape index (κ3) is 3.97. The lowest BCUT2D eigenvalue weighted by molar-refractivity contribution is -0.185. The Labute approximate surface area is 143 Å². The lowest BCUT2D eigenvalue weighted by Crippen LogP contribution is -2.37. The highest BCUT2D eigenvalue weighted by Gasteiger charge is 2.42. The molecule has 5 nitrogen and oxygen atoms in total. The van der Waals surface area contributed by atoms with E-state index in [2.05, 4.69) is 31.0 Å². The van der Waals surface area contributed by atoms with Crippen LogP contribution in [0.5, 0.6) is 5.75 Å². The number of aromatic nitrogens is 2. The molecule has 1 saturated heterocycles. The van der Waals surface area contributed by atoms with Crippen LogP contribution in [0, 0.1) is 5.92 Å². The minimum Gasteiger partial charge on any atom is -0.497 e. The van der Waals surface area contributed by atoms with E-state index in [0.29, 0.717) is 19.1 Å². The van der Waals surface area contributed by atoms with E-state index in [-0.39, 0.29) is 6.10 Å². The summed E-state index contributed by atoms with van der Waals surface area (Å²) < 4.78 is 19.9. The molecule has 0 spiro atoms. The molecular formula is C19H26N2O3. The van der Waals surface area contributed by atoms with Gasteiger partial charge in [0.25, 0.3) is 0 Å². The van der Waals surface area contributed by atoms with Gasteiger partial charge in [0.2, 0.25) is 0 Å². The van der Waals surface area contributed by atoms with Gasteiger partial charge >= 0.3 is 0 Å². The molecule has 0 saturated carbocycles. The van der Waals surface area contributed by atoms with E-state index in [9.17, 15) is 0 Å². The molecule has 2 heterocycles. The molecule has 3 rings (SSSR count). The van der Waals surface area contributed by atoms with Crippen molar-refractivity contribution in [2.24, 2.45) is 5.92 Å². The molecule has 5 heteroatoms. The summed E-state index contributed by atoms with van der Waals surface area (Å²) in [5.41, 5.74) is 1.22. The standard InChI is InChI=1S/C19H26N2O3/c1-15(2)18-12-23-19(24-18,13-21-10-9-20-14-21)8-7-16-5-4-6-17(11-16)22-3/h4-6,9-11,14-15,18H,7-8,12-13H2,1-3H3. The van der Waals surface area contributed by atoms with Crippen molar-refractivity contribution in [3.05, 3.63) is 48.5 Å². The maximum Gasteiger partial charge on any atom is 0.187 e. The molecule has 2 aromatic rings. The summed E-state index contributed by atoms with van der Waals surface area (Å²) in [6.45, 7) is 5.64. The Balaban J connectivity index is 1.72. The van der Waals surface area contributed by atoms with Crippen molar-refractivity contribution in [1.82, 2.24) is 9.55 Å². The number of aryl methyl sites for hydroxylation is 1. The molecule has 24 heavy (non-hydrogen) atoms. The second kappa shape index (κ2) is 7.36. The lowest BCUT2D eigenvalue weighted by Gasteiger charge is -2.29. The monoisotopic (exact) mass is 330 g/mol. The molecule has 0 aliphatic carbocycles. The Bertz CT molecular complexity index is 642. The SMILES string of the molecule is COc1cccc(CCC2(Cn3ccnc3)OCC(C(C)C)O2)c1. The Morgan fingerprint density at radius 1 is 1.42 bits per heavy atom. The second-order valence-corrected chi connectivity index (χ2v) is 6.71. The molecule has 2 atom stereocenters. The van der Waals surface area contributed by atoms with Crippen molar-refractivity contribution in [2.75, 3.05) is 13.7 Å². The summed E-state index contributed by atoms with van der Waals surface area (Å²) in [5.74, 6) is 0.717. The Morgan fingerprint density at radius 3 is 2.96 bits per heavy atom. The van der Waals surface area contributed by atoms with Crippen LogP contribution in [0.15, 0.2) is 43.0 Å². The van der Waals surface area contributed by atoms with Gasteiger partial charge in [-0.2, -0.15) is 0 Å². The van der Waals surface area contributed by atoms with Gasteiger partial charge in [0.1, 0.15) is 5.75 Å². The first kappa shape index (κ1) is 17.0. The van der Waals surface area contributed by atoms with Gasteiger partial charge in [-0.05, 0) is 30.0 Å². The Kier molecular flexibility index (Phi) is 5.21. The number of imidazole rings is 1. The number of rotatable bonds is 7. The van der Waals surface area contributed by atoms with E-state index in [1.807, 2.05) is 29.2 Å². The largest absolute Gasteiger partial charge is 0.497 e. The van der Waals surface area contributed by atoms with E-state index in [1.54, 1.807) is 13.3 Å². The van der Waals surface area contributed by atoms with Gasteiger partial charge in [0.05, 0.1) is 32.7 Å². The summed E-state index contributed by atoms with van der Waals surface area (Å²) in [7, 11) is 1.69. The van der Waals surface area contributed by atoms with Gasteiger partial charge in [0, 0.05) is 18.8 Å². The molecule has 0 N–H and O–H groups in total. The molecule has 1 aliphatic heterocycles. The zero-order valence-electron chi connectivity index (χ0n) is 14.6. The molecule has 1 aromatic carbocycles. The molecule has 0 bridgehead atoms. The van der Waals surface area contributed by atoms with Gasteiger partial charge in [0.15, 0.2) is 5.79 Å². The zero-order valence-corrected chi connectivity index (χ0v) is 14.6. The number of hydrogen-bond donors (Lipinski definition) is 0. The van der Waals surface area contributed by atoms with Gasteiger partial charge in [-0.25, -0.2) is 4.98 Å². The summed E-state index contributed by atoms with van der Waals surface area (Å²) in [4.78, 5) is 4.13. The minimum absolute atomic E-state index is 0.138. The number of hydrogen-bond acceptors (Lipinski definition) is 4. The van der Waals surface area contributed by atoms with Crippen LogP contribution in [0.25, 0.3) is 0 Å². The van der Waals surface area contributed by atoms with Crippen molar-refractivity contribution in [3.63, 3.8) is 0 Å². The van der Waals surface area contributed by atoms with Crippen molar-refractivity contribution < 1.29 is 14.2 Å². The highest BCUT2D eigenvalue weighted by molar-refractivity contribution is 5.28. The second-order valence-electron chi connectivity index (χ2n) is 6.71. The first-order chi connectivity index (χ1) is 11.6. The van der Waals surface area contributed by atoms with Gasteiger partial charge < -0.3 is 18.8 Å². The minimum atomic E-state index is -0.598. The van der Waals surface area contributed by atoms with E-state index in [0.717, 1.165) is 18.6 Å². The average Bonchev–Trinajstić information content (AvgIpc) is 3.24. The fourth-order valence-corrected chi connectivity index (χ4v) is 3.02. The van der Waals surface area contributed by atoms with Crippen molar-refractivity contribution in [3.8, 4) is 5.75 Å². The predicted octanol–water partition coefficient (Wildman–Crippen LogP) is 3.29. The van der Waals surface area contributed by atoms with Crippen LogP contribution >= 0.6 is 0 Å². The third-order valence-corrected chi connectivity index (χ3v) is 4.53. The Hall–Kier alpha value is -1.85. The first-order valence-corrected chi connectivity index (χ1v) is 8.51. The molecule has 130 valence electrons. The average molecular weight is 330 g/mol.